The Hall–Kier alpha value is -3.32. The Morgan fingerprint density at radius 1 is 0.968 bits per heavy atom. The zero-order valence-corrected chi connectivity index (χ0v) is 18.6. The molecule has 6 nitrogen and oxygen atoms in total. The summed E-state index contributed by atoms with van der Waals surface area (Å²) in [5.41, 5.74) is 1.71. The number of anilines is 1. The van der Waals surface area contributed by atoms with Gasteiger partial charge >= 0.3 is 0 Å². The van der Waals surface area contributed by atoms with E-state index in [1.54, 1.807) is 36.4 Å². The van der Waals surface area contributed by atoms with Gasteiger partial charge in [-0.25, -0.2) is 8.42 Å². The van der Waals surface area contributed by atoms with Crippen molar-refractivity contribution < 1.29 is 17.9 Å². The van der Waals surface area contributed by atoms with Crippen LogP contribution in [0.4, 0.5) is 5.69 Å². The van der Waals surface area contributed by atoms with Crippen LogP contribution in [0.3, 0.4) is 0 Å². The lowest BCUT2D eigenvalue weighted by Gasteiger charge is -2.19. The van der Waals surface area contributed by atoms with Crippen LogP contribution >= 0.6 is 0 Å². The summed E-state index contributed by atoms with van der Waals surface area (Å²) in [6.45, 7) is 4.20. The molecule has 0 unspecified atom stereocenters. The molecule has 0 atom stereocenters. The molecule has 3 aromatic rings. The summed E-state index contributed by atoms with van der Waals surface area (Å²) in [6, 6.07) is 22.3. The van der Waals surface area contributed by atoms with Crippen LogP contribution in [-0.4, -0.2) is 27.5 Å². The first-order valence-electron chi connectivity index (χ1n) is 9.95. The zero-order valence-electron chi connectivity index (χ0n) is 17.8. The minimum atomic E-state index is -3.80. The van der Waals surface area contributed by atoms with Crippen molar-refractivity contribution in [2.75, 3.05) is 11.4 Å². The smallest absolute Gasteiger partial charge is 0.264 e. The maximum atomic E-state index is 13.0. The number of ether oxygens (including phenoxy) is 1. The van der Waals surface area contributed by atoms with E-state index in [0.717, 1.165) is 11.3 Å². The van der Waals surface area contributed by atoms with Gasteiger partial charge in [-0.1, -0.05) is 36.4 Å². The molecule has 0 spiro atoms. The molecule has 1 N–H and O–H groups in total. The maximum Gasteiger partial charge on any atom is 0.264 e. The molecule has 1 amide bonds. The minimum Gasteiger partial charge on any atom is -0.491 e. The fraction of sp³-hybridized carbons (Fsp3) is 0.208. The molecule has 0 saturated heterocycles. The summed E-state index contributed by atoms with van der Waals surface area (Å²) in [5.74, 6) is 0.383. The van der Waals surface area contributed by atoms with Crippen LogP contribution in [0, 0.1) is 0 Å². The van der Waals surface area contributed by atoms with Crippen LogP contribution in [-0.2, 0) is 16.6 Å². The first-order chi connectivity index (χ1) is 14.8. The summed E-state index contributed by atoms with van der Waals surface area (Å²) >= 11 is 0. The van der Waals surface area contributed by atoms with Gasteiger partial charge in [0.15, 0.2) is 0 Å². The van der Waals surface area contributed by atoms with Gasteiger partial charge in [-0.05, 0) is 61.9 Å². The van der Waals surface area contributed by atoms with E-state index in [4.69, 9.17) is 4.74 Å². The highest BCUT2D eigenvalue weighted by Crippen LogP contribution is 2.22. The molecule has 0 bridgehead atoms. The van der Waals surface area contributed by atoms with Gasteiger partial charge in [0.05, 0.1) is 16.7 Å². The zero-order chi connectivity index (χ0) is 22.4. The molecular formula is C24H26N2O4S. The van der Waals surface area contributed by atoms with Crippen molar-refractivity contribution in [3.63, 3.8) is 0 Å². The third-order valence-electron chi connectivity index (χ3n) is 4.60. The Bertz CT molecular complexity index is 1150. The Balaban J connectivity index is 1.73. The average Bonchev–Trinajstić information content (AvgIpc) is 2.77. The SMILES string of the molecule is CC(C)Oc1cccc(CNC(=O)c2cccc(S(=O)(=O)N(C)c3ccccc3)c2)c1. The fourth-order valence-corrected chi connectivity index (χ4v) is 4.26. The molecule has 0 radical (unpaired) electrons. The van der Waals surface area contributed by atoms with E-state index in [0.29, 0.717) is 12.2 Å². The highest BCUT2D eigenvalue weighted by atomic mass is 32.2. The molecule has 162 valence electrons. The van der Waals surface area contributed by atoms with E-state index in [-0.39, 0.29) is 22.5 Å². The van der Waals surface area contributed by atoms with E-state index >= 15 is 0 Å². The fourth-order valence-electron chi connectivity index (χ4n) is 3.02. The van der Waals surface area contributed by atoms with Crippen LogP contribution < -0.4 is 14.4 Å². The predicted octanol–water partition coefficient (Wildman–Crippen LogP) is 4.23. The van der Waals surface area contributed by atoms with Crippen LogP contribution in [0.5, 0.6) is 5.75 Å². The van der Waals surface area contributed by atoms with Crippen molar-refractivity contribution >= 4 is 21.6 Å². The molecule has 0 fully saturated rings. The molecule has 0 saturated carbocycles. The van der Waals surface area contributed by atoms with Gasteiger partial charge in [-0.2, -0.15) is 0 Å². The standard InChI is InChI=1S/C24H26N2O4S/c1-18(2)30-22-13-7-9-19(15-22)17-25-24(27)20-10-8-14-23(16-20)31(28,29)26(3)21-11-5-4-6-12-21/h4-16,18H,17H2,1-3H3,(H,25,27). The Kier molecular flexibility index (Phi) is 6.97. The predicted molar refractivity (Wildman–Crippen MR) is 122 cm³/mol. The quantitative estimate of drug-likeness (QED) is 0.571. The topological polar surface area (TPSA) is 75.7 Å². The molecule has 0 aliphatic rings. The highest BCUT2D eigenvalue weighted by molar-refractivity contribution is 7.92. The van der Waals surface area contributed by atoms with Crippen molar-refractivity contribution in [1.29, 1.82) is 0 Å². The molecule has 7 heteroatoms. The molecule has 0 aliphatic carbocycles. The number of hydrogen-bond donors (Lipinski definition) is 1. The minimum absolute atomic E-state index is 0.0545. The van der Waals surface area contributed by atoms with E-state index in [9.17, 15) is 13.2 Å². The summed E-state index contributed by atoms with van der Waals surface area (Å²) in [7, 11) is -2.31. The van der Waals surface area contributed by atoms with Crippen molar-refractivity contribution in [3.8, 4) is 5.75 Å². The third kappa shape index (κ3) is 5.64. The van der Waals surface area contributed by atoms with Crippen molar-refractivity contribution in [1.82, 2.24) is 5.32 Å². The number of amides is 1. The molecular weight excluding hydrogens is 412 g/mol. The second-order valence-electron chi connectivity index (χ2n) is 7.33. The van der Waals surface area contributed by atoms with Gasteiger partial charge in [-0.15, -0.1) is 0 Å². The first kappa shape index (κ1) is 22.4. The third-order valence-corrected chi connectivity index (χ3v) is 6.38. The van der Waals surface area contributed by atoms with Crippen molar-refractivity contribution in [3.05, 3.63) is 90.0 Å². The molecule has 3 rings (SSSR count). The number of hydrogen-bond acceptors (Lipinski definition) is 4. The van der Waals surface area contributed by atoms with E-state index < -0.39 is 10.0 Å². The number of rotatable bonds is 8. The number of para-hydroxylation sites is 1. The number of nitrogens with zero attached hydrogens (tertiary/aromatic N) is 1. The van der Waals surface area contributed by atoms with Crippen LogP contribution in [0.25, 0.3) is 0 Å². The monoisotopic (exact) mass is 438 g/mol. The second-order valence-corrected chi connectivity index (χ2v) is 9.30. The molecule has 31 heavy (non-hydrogen) atoms. The number of carbonyl (C=O) groups is 1. The molecule has 3 aromatic carbocycles. The molecule has 0 aliphatic heterocycles. The normalized spacial score (nSPS) is 11.2. The molecule has 0 heterocycles. The van der Waals surface area contributed by atoms with E-state index in [2.05, 4.69) is 5.32 Å². The van der Waals surface area contributed by atoms with Crippen molar-refractivity contribution in [2.24, 2.45) is 0 Å². The lowest BCUT2D eigenvalue weighted by Crippen LogP contribution is -2.27. The van der Waals surface area contributed by atoms with Crippen LogP contribution in [0.1, 0.15) is 29.8 Å². The van der Waals surface area contributed by atoms with Gasteiger partial charge in [0, 0.05) is 19.2 Å². The lowest BCUT2D eigenvalue weighted by molar-refractivity contribution is 0.0950. The summed E-state index contributed by atoms with van der Waals surface area (Å²) in [5, 5.41) is 2.83. The Labute approximate surface area is 183 Å². The summed E-state index contributed by atoms with van der Waals surface area (Å²) < 4.78 is 32.9. The Morgan fingerprint density at radius 2 is 1.68 bits per heavy atom. The number of nitrogens with one attached hydrogen (secondary N) is 1. The first-order valence-corrected chi connectivity index (χ1v) is 11.4. The number of sulfonamides is 1. The number of carbonyl (C=O) groups excluding carboxylic acids is 1. The summed E-state index contributed by atoms with van der Waals surface area (Å²) in [6.07, 6.45) is 0.0588. The van der Waals surface area contributed by atoms with Crippen molar-refractivity contribution in [2.45, 2.75) is 31.4 Å². The number of benzene rings is 3. The van der Waals surface area contributed by atoms with Gasteiger partial charge in [0.25, 0.3) is 15.9 Å². The van der Waals surface area contributed by atoms with Gasteiger partial charge in [0.2, 0.25) is 0 Å². The second kappa shape index (κ2) is 9.66. The van der Waals surface area contributed by atoms with Crippen LogP contribution in [0.2, 0.25) is 0 Å². The summed E-state index contributed by atoms with van der Waals surface area (Å²) in [4.78, 5) is 12.7. The average molecular weight is 439 g/mol. The largest absolute Gasteiger partial charge is 0.491 e. The highest BCUT2D eigenvalue weighted by Gasteiger charge is 2.22. The lowest BCUT2D eigenvalue weighted by atomic mass is 10.2. The van der Waals surface area contributed by atoms with E-state index in [1.807, 2.05) is 44.2 Å². The van der Waals surface area contributed by atoms with Gasteiger partial charge in [-0.3, -0.25) is 9.10 Å². The van der Waals surface area contributed by atoms with Crippen LogP contribution in [0.15, 0.2) is 83.8 Å². The van der Waals surface area contributed by atoms with E-state index in [1.165, 1.54) is 23.5 Å². The van der Waals surface area contributed by atoms with Gasteiger partial charge < -0.3 is 10.1 Å². The Morgan fingerprint density at radius 3 is 2.39 bits per heavy atom. The molecule has 0 aromatic heterocycles. The maximum absolute atomic E-state index is 13.0. The van der Waals surface area contributed by atoms with Gasteiger partial charge in [0.1, 0.15) is 5.75 Å².